The van der Waals surface area contributed by atoms with E-state index in [1.807, 2.05) is 0 Å². The van der Waals surface area contributed by atoms with Crippen molar-refractivity contribution in [3.63, 3.8) is 0 Å². The Labute approximate surface area is 153 Å². The number of imide groups is 1. The summed E-state index contributed by atoms with van der Waals surface area (Å²) in [5, 5.41) is 2.79. The molecule has 25 heavy (non-hydrogen) atoms. The van der Waals surface area contributed by atoms with Crippen LogP contribution in [0.1, 0.15) is 41.1 Å². The SMILES string of the molecule is Cc1oc(C)c(C(=O)Nc2ccc(N3C(=O)CCCC3=O)cc2)c1Br. The molecule has 0 radical (unpaired) electrons. The average Bonchev–Trinajstić information content (AvgIpc) is 2.81. The summed E-state index contributed by atoms with van der Waals surface area (Å²) in [4.78, 5) is 37.5. The zero-order chi connectivity index (χ0) is 18.1. The van der Waals surface area contributed by atoms with Gasteiger partial charge in [0.25, 0.3) is 5.91 Å². The van der Waals surface area contributed by atoms with E-state index < -0.39 is 0 Å². The molecule has 1 aliphatic rings. The zero-order valence-electron chi connectivity index (χ0n) is 13.9. The lowest BCUT2D eigenvalue weighted by Gasteiger charge is -2.24. The quantitative estimate of drug-likeness (QED) is 0.785. The Kier molecular flexibility index (Phi) is 4.76. The number of nitrogens with one attached hydrogen (secondary N) is 1. The number of carbonyl (C=O) groups is 3. The highest BCUT2D eigenvalue weighted by atomic mass is 79.9. The van der Waals surface area contributed by atoms with Gasteiger partial charge in [0.2, 0.25) is 11.8 Å². The van der Waals surface area contributed by atoms with Crippen molar-refractivity contribution in [1.29, 1.82) is 0 Å². The lowest BCUT2D eigenvalue weighted by molar-refractivity contribution is -0.129. The molecule has 1 aromatic carbocycles. The molecule has 1 aliphatic heterocycles. The molecule has 1 aromatic heterocycles. The number of hydrogen-bond donors (Lipinski definition) is 1. The van der Waals surface area contributed by atoms with Gasteiger partial charge in [-0.15, -0.1) is 0 Å². The van der Waals surface area contributed by atoms with Gasteiger partial charge in [0.15, 0.2) is 0 Å². The minimum absolute atomic E-state index is 0.193. The van der Waals surface area contributed by atoms with E-state index >= 15 is 0 Å². The number of carbonyl (C=O) groups excluding carboxylic acids is 3. The van der Waals surface area contributed by atoms with E-state index in [1.54, 1.807) is 38.1 Å². The van der Waals surface area contributed by atoms with Crippen LogP contribution < -0.4 is 10.2 Å². The fraction of sp³-hybridized carbons (Fsp3) is 0.278. The van der Waals surface area contributed by atoms with Gasteiger partial charge in [-0.25, -0.2) is 0 Å². The van der Waals surface area contributed by atoms with E-state index in [0.29, 0.717) is 52.2 Å². The maximum absolute atomic E-state index is 12.4. The van der Waals surface area contributed by atoms with Crippen LogP contribution in [0, 0.1) is 13.8 Å². The standard InChI is InChI=1S/C18H17BrN2O4/c1-10-16(17(19)11(2)25-10)18(24)20-12-6-8-13(9-7-12)21-14(22)4-3-5-15(21)23/h6-9H,3-5H2,1-2H3,(H,20,24). The molecule has 1 fully saturated rings. The van der Waals surface area contributed by atoms with Gasteiger partial charge in [-0.3, -0.25) is 19.3 Å². The Hall–Kier alpha value is -2.41. The number of piperidine rings is 1. The first-order chi connectivity index (χ1) is 11.9. The molecule has 0 unspecified atom stereocenters. The van der Waals surface area contributed by atoms with Crippen molar-refractivity contribution >= 4 is 45.0 Å². The van der Waals surface area contributed by atoms with Crippen molar-refractivity contribution in [2.24, 2.45) is 0 Å². The van der Waals surface area contributed by atoms with Crippen LogP contribution in [0.2, 0.25) is 0 Å². The number of halogens is 1. The number of rotatable bonds is 3. The van der Waals surface area contributed by atoms with Gasteiger partial charge >= 0.3 is 0 Å². The van der Waals surface area contributed by atoms with Gasteiger partial charge in [0, 0.05) is 18.5 Å². The molecule has 0 bridgehead atoms. The van der Waals surface area contributed by atoms with E-state index in [0.717, 1.165) is 0 Å². The number of benzene rings is 1. The van der Waals surface area contributed by atoms with Crippen molar-refractivity contribution in [3.8, 4) is 0 Å². The second kappa shape index (κ2) is 6.84. The third-order valence-corrected chi connectivity index (χ3v) is 5.03. The van der Waals surface area contributed by atoms with E-state index in [-0.39, 0.29) is 17.7 Å². The molecule has 0 saturated carbocycles. The molecule has 0 aliphatic carbocycles. The molecule has 0 atom stereocenters. The van der Waals surface area contributed by atoms with Gasteiger partial charge in [-0.2, -0.15) is 0 Å². The fourth-order valence-corrected chi connectivity index (χ4v) is 3.38. The Bertz CT molecular complexity index is 839. The first-order valence-electron chi connectivity index (χ1n) is 7.91. The van der Waals surface area contributed by atoms with Crippen LogP contribution in [-0.2, 0) is 9.59 Å². The molecule has 2 heterocycles. The van der Waals surface area contributed by atoms with E-state index in [4.69, 9.17) is 4.42 Å². The minimum Gasteiger partial charge on any atom is -0.465 e. The largest absolute Gasteiger partial charge is 0.465 e. The highest BCUT2D eigenvalue weighted by Crippen LogP contribution is 2.29. The van der Waals surface area contributed by atoms with Gasteiger partial charge in [0.1, 0.15) is 11.5 Å². The molecule has 1 saturated heterocycles. The summed E-state index contributed by atoms with van der Waals surface area (Å²) in [7, 11) is 0. The summed E-state index contributed by atoms with van der Waals surface area (Å²) in [6, 6.07) is 6.63. The van der Waals surface area contributed by atoms with Gasteiger partial charge < -0.3 is 9.73 Å². The molecule has 130 valence electrons. The summed E-state index contributed by atoms with van der Waals surface area (Å²) < 4.78 is 6.07. The van der Waals surface area contributed by atoms with Gasteiger partial charge in [0.05, 0.1) is 15.7 Å². The van der Waals surface area contributed by atoms with Crippen molar-refractivity contribution in [1.82, 2.24) is 0 Å². The maximum atomic E-state index is 12.4. The summed E-state index contributed by atoms with van der Waals surface area (Å²) in [6.45, 7) is 3.50. The molecule has 3 rings (SSSR count). The number of anilines is 2. The number of hydrogen-bond acceptors (Lipinski definition) is 4. The number of aryl methyl sites for hydroxylation is 2. The number of nitrogens with zero attached hydrogens (tertiary/aromatic N) is 1. The maximum Gasteiger partial charge on any atom is 0.260 e. The van der Waals surface area contributed by atoms with Crippen molar-refractivity contribution in [2.75, 3.05) is 10.2 Å². The summed E-state index contributed by atoms with van der Waals surface area (Å²) >= 11 is 3.36. The molecule has 2 aromatic rings. The normalized spacial score (nSPS) is 14.8. The minimum atomic E-state index is -0.292. The van der Waals surface area contributed by atoms with Crippen LogP contribution in [0.3, 0.4) is 0 Å². The predicted octanol–water partition coefficient (Wildman–Crippen LogP) is 3.95. The zero-order valence-corrected chi connectivity index (χ0v) is 15.5. The van der Waals surface area contributed by atoms with Crippen molar-refractivity contribution in [2.45, 2.75) is 33.1 Å². The van der Waals surface area contributed by atoms with Crippen LogP contribution in [0.15, 0.2) is 33.2 Å². The fourth-order valence-electron chi connectivity index (χ4n) is 2.84. The summed E-state index contributed by atoms with van der Waals surface area (Å²) in [5.41, 5.74) is 1.53. The molecule has 3 amide bonds. The summed E-state index contributed by atoms with van der Waals surface area (Å²) in [6.07, 6.45) is 1.34. The van der Waals surface area contributed by atoms with E-state index in [2.05, 4.69) is 21.2 Å². The molecule has 1 N–H and O–H groups in total. The van der Waals surface area contributed by atoms with Crippen LogP contribution in [0.4, 0.5) is 11.4 Å². The Morgan fingerprint density at radius 1 is 1.08 bits per heavy atom. The third-order valence-electron chi connectivity index (χ3n) is 4.08. The van der Waals surface area contributed by atoms with Crippen LogP contribution in [-0.4, -0.2) is 17.7 Å². The second-order valence-corrected chi connectivity index (χ2v) is 6.67. The number of amides is 3. The molecule has 6 nitrogen and oxygen atoms in total. The molecular formula is C18H17BrN2O4. The van der Waals surface area contributed by atoms with E-state index in [9.17, 15) is 14.4 Å². The van der Waals surface area contributed by atoms with Crippen LogP contribution in [0.5, 0.6) is 0 Å². The Morgan fingerprint density at radius 3 is 2.20 bits per heavy atom. The lowest BCUT2D eigenvalue weighted by Crippen LogP contribution is -2.40. The second-order valence-electron chi connectivity index (χ2n) is 5.88. The van der Waals surface area contributed by atoms with Crippen molar-refractivity contribution < 1.29 is 18.8 Å². The van der Waals surface area contributed by atoms with E-state index in [1.165, 1.54) is 4.90 Å². The highest BCUT2D eigenvalue weighted by Gasteiger charge is 2.27. The van der Waals surface area contributed by atoms with Crippen LogP contribution >= 0.6 is 15.9 Å². The smallest absolute Gasteiger partial charge is 0.260 e. The van der Waals surface area contributed by atoms with Crippen LogP contribution in [0.25, 0.3) is 0 Å². The number of furan rings is 1. The molecular weight excluding hydrogens is 388 g/mol. The first kappa shape index (κ1) is 17.4. The summed E-state index contributed by atoms with van der Waals surface area (Å²) in [5.74, 6) is 0.491. The third kappa shape index (κ3) is 3.37. The van der Waals surface area contributed by atoms with Gasteiger partial charge in [-0.1, -0.05) is 0 Å². The molecule has 0 spiro atoms. The topological polar surface area (TPSA) is 79.6 Å². The molecule has 7 heteroatoms. The van der Waals surface area contributed by atoms with Crippen molar-refractivity contribution in [3.05, 3.63) is 45.8 Å². The Balaban J connectivity index is 1.78. The first-order valence-corrected chi connectivity index (χ1v) is 8.70. The monoisotopic (exact) mass is 404 g/mol. The van der Waals surface area contributed by atoms with Gasteiger partial charge in [-0.05, 0) is 60.5 Å². The average molecular weight is 405 g/mol. The lowest BCUT2D eigenvalue weighted by atomic mass is 10.1. The highest BCUT2D eigenvalue weighted by molar-refractivity contribution is 9.10. The predicted molar refractivity (Wildman–Crippen MR) is 96.6 cm³/mol. The Morgan fingerprint density at radius 2 is 1.68 bits per heavy atom.